The first-order chi connectivity index (χ1) is 17.2. The Morgan fingerprint density at radius 3 is 2.77 bits per heavy atom. The molecule has 0 bridgehead atoms. The molecule has 0 unspecified atom stereocenters. The first kappa shape index (κ1) is 24.3. The topological polar surface area (TPSA) is 54.2 Å². The smallest absolute Gasteiger partial charge is 0.227 e. The molecule has 0 atom stereocenters. The number of rotatable bonds is 8. The zero-order chi connectivity index (χ0) is 24.5. The lowest BCUT2D eigenvalue weighted by Crippen LogP contribution is -2.33. The Balaban J connectivity index is 1.27. The summed E-state index contributed by atoms with van der Waals surface area (Å²) in [6.07, 6.45) is 12.3. The second-order valence-electron chi connectivity index (χ2n) is 8.86. The summed E-state index contributed by atoms with van der Waals surface area (Å²) in [6, 6.07) is 12.4. The molecule has 0 radical (unpaired) electrons. The van der Waals surface area contributed by atoms with Crippen LogP contribution in [0.25, 0.3) is 29.3 Å². The molecule has 0 spiro atoms. The number of benzene rings is 1. The Morgan fingerprint density at radius 2 is 2.03 bits per heavy atom. The van der Waals surface area contributed by atoms with Crippen molar-refractivity contribution in [1.29, 1.82) is 0 Å². The van der Waals surface area contributed by atoms with Gasteiger partial charge in [-0.15, -0.1) is 5.92 Å². The lowest BCUT2D eigenvalue weighted by Gasteiger charge is -2.33. The zero-order valence-electron chi connectivity index (χ0n) is 20.8. The van der Waals surface area contributed by atoms with E-state index in [1.165, 1.54) is 24.9 Å². The summed E-state index contributed by atoms with van der Waals surface area (Å²) in [4.78, 5) is 11.2. The SMILES string of the molecule is C=C(NCCCC1CCN(c2ccncc2)CC1)c1cccc(-c2nc(=C/C#CC)/c(=C\C)o2)c1. The molecule has 0 amide bonds. The van der Waals surface area contributed by atoms with Gasteiger partial charge < -0.3 is 14.6 Å². The van der Waals surface area contributed by atoms with Crippen molar-refractivity contribution in [3.8, 4) is 23.3 Å². The number of piperidine rings is 1. The average molecular weight is 467 g/mol. The van der Waals surface area contributed by atoms with Gasteiger partial charge in [0.15, 0.2) is 5.42 Å². The van der Waals surface area contributed by atoms with Crippen molar-refractivity contribution in [3.05, 3.63) is 71.7 Å². The molecule has 4 rings (SSSR count). The van der Waals surface area contributed by atoms with E-state index < -0.39 is 0 Å². The summed E-state index contributed by atoms with van der Waals surface area (Å²) in [6.45, 7) is 11.2. The molecule has 0 saturated carbocycles. The second kappa shape index (κ2) is 12.1. The van der Waals surface area contributed by atoms with Gasteiger partial charge in [-0.05, 0) is 81.4 Å². The molecule has 0 aliphatic carbocycles. The van der Waals surface area contributed by atoms with Crippen LogP contribution in [0.1, 0.15) is 45.1 Å². The highest BCUT2D eigenvalue weighted by molar-refractivity contribution is 5.67. The largest absolute Gasteiger partial charge is 0.436 e. The van der Waals surface area contributed by atoms with Crippen molar-refractivity contribution < 1.29 is 4.42 Å². The number of hydrogen-bond donors (Lipinski definition) is 1. The quantitative estimate of drug-likeness (QED) is 0.389. The van der Waals surface area contributed by atoms with Crippen LogP contribution in [-0.2, 0) is 0 Å². The van der Waals surface area contributed by atoms with Crippen LogP contribution in [0.4, 0.5) is 5.69 Å². The molecule has 3 heterocycles. The predicted octanol–water partition coefficient (Wildman–Crippen LogP) is 4.60. The van der Waals surface area contributed by atoms with Gasteiger partial charge in [-0.3, -0.25) is 4.98 Å². The van der Waals surface area contributed by atoms with Gasteiger partial charge in [0.2, 0.25) is 5.89 Å². The minimum absolute atomic E-state index is 0.593. The number of oxazole rings is 1. The molecular formula is C30H34N4O. The lowest BCUT2D eigenvalue weighted by atomic mass is 9.92. The minimum atomic E-state index is 0.593. The van der Waals surface area contributed by atoms with Crippen molar-refractivity contribution in [2.45, 2.75) is 39.5 Å². The van der Waals surface area contributed by atoms with Gasteiger partial charge in [0.1, 0.15) is 5.35 Å². The van der Waals surface area contributed by atoms with E-state index in [1.54, 1.807) is 6.08 Å². The molecule has 1 N–H and O–H groups in total. The number of nitrogens with zero attached hydrogens (tertiary/aromatic N) is 3. The predicted molar refractivity (Wildman–Crippen MR) is 145 cm³/mol. The summed E-state index contributed by atoms with van der Waals surface area (Å²) in [5.74, 6) is 7.21. The van der Waals surface area contributed by atoms with Crippen LogP contribution in [0.5, 0.6) is 0 Å². The highest BCUT2D eigenvalue weighted by Crippen LogP contribution is 2.25. The molecule has 5 nitrogen and oxygen atoms in total. The van der Waals surface area contributed by atoms with Crippen molar-refractivity contribution >= 4 is 23.5 Å². The van der Waals surface area contributed by atoms with Gasteiger partial charge in [-0.1, -0.05) is 24.6 Å². The van der Waals surface area contributed by atoms with Crippen LogP contribution in [0.15, 0.2) is 59.8 Å². The highest BCUT2D eigenvalue weighted by atomic mass is 16.3. The van der Waals surface area contributed by atoms with E-state index in [0.29, 0.717) is 5.89 Å². The number of nitrogens with one attached hydrogen (secondary N) is 1. The summed E-state index contributed by atoms with van der Waals surface area (Å²) >= 11 is 0. The number of anilines is 1. The molecule has 1 saturated heterocycles. The zero-order valence-corrected chi connectivity index (χ0v) is 20.8. The van der Waals surface area contributed by atoms with Crippen LogP contribution in [0.3, 0.4) is 0 Å². The first-order valence-electron chi connectivity index (χ1n) is 12.4. The van der Waals surface area contributed by atoms with E-state index in [9.17, 15) is 0 Å². The highest BCUT2D eigenvalue weighted by Gasteiger charge is 2.19. The second-order valence-corrected chi connectivity index (χ2v) is 8.86. The maximum absolute atomic E-state index is 5.96. The van der Waals surface area contributed by atoms with E-state index in [2.05, 4.69) is 62.9 Å². The molecule has 1 aliphatic rings. The molecule has 1 fully saturated rings. The molecule has 180 valence electrons. The number of hydrogen-bond acceptors (Lipinski definition) is 5. The number of aromatic nitrogens is 2. The maximum atomic E-state index is 5.96. The van der Waals surface area contributed by atoms with Gasteiger partial charge in [0.25, 0.3) is 0 Å². The Bertz CT molecular complexity index is 1310. The molecule has 3 aromatic rings. The summed E-state index contributed by atoms with van der Waals surface area (Å²) in [5.41, 5.74) is 4.93. The van der Waals surface area contributed by atoms with E-state index in [-0.39, 0.29) is 0 Å². The normalized spacial score (nSPS) is 15.1. The Morgan fingerprint density at radius 1 is 1.23 bits per heavy atom. The summed E-state index contributed by atoms with van der Waals surface area (Å²) in [7, 11) is 0. The fraction of sp³-hybridized carbons (Fsp3) is 0.333. The van der Waals surface area contributed by atoms with Crippen LogP contribution >= 0.6 is 0 Å². The lowest BCUT2D eigenvalue weighted by molar-refractivity contribution is 0.372. The minimum Gasteiger partial charge on any atom is -0.436 e. The fourth-order valence-electron chi connectivity index (χ4n) is 4.52. The monoisotopic (exact) mass is 466 g/mol. The van der Waals surface area contributed by atoms with Gasteiger partial charge in [0.05, 0.1) is 0 Å². The first-order valence-corrected chi connectivity index (χ1v) is 12.4. The van der Waals surface area contributed by atoms with Gasteiger partial charge >= 0.3 is 0 Å². The van der Waals surface area contributed by atoms with Gasteiger partial charge in [-0.2, -0.15) is 0 Å². The third-order valence-electron chi connectivity index (χ3n) is 6.52. The molecule has 1 aromatic carbocycles. The van der Waals surface area contributed by atoms with Crippen molar-refractivity contribution in [2.75, 3.05) is 24.5 Å². The van der Waals surface area contributed by atoms with E-state index >= 15 is 0 Å². The van der Waals surface area contributed by atoms with Gasteiger partial charge in [0, 0.05) is 55.1 Å². The van der Waals surface area contributed by atoms with Crippen LogP contribution in [0, 0.1) is 17.8 Å². The molecule has 2 aromatic heterocycles. The Labute approximate surface area is 208 Å². The van der Waals surface area contributed by atoms with Gasteiger partial charge in [-0.25, -0.2) is 4.98 Å². The van der Waals surface area contributed by atoms with E-state index in [0.717, 1.165) is 59.6 Å². The fourth-order valence-corrected chi connectivity index (χ4v) is 4.52. The van der Waals surface area contributed by atoms with Crippen molar-refractivity contribution in [2.24, 2.45) is 5.92 Å². The molecular weight excluding hydrogens is 432 g/mol. The third kappa shape index (κ3) is 6.42. The molecule has 5 heteroatoms. The molecule has 1 aliphatic heterocycles. The Hall–Kier alpha value is -3.78. The van der Waals surface area contributed by atoms with Crippen molar-refractivity contribution in [3.63, 3.8) is 0 Å². The summed E-state index contributed by atoms with van der Waals surface area (Å²) < 4.78 is 5.96. The van der Waals surface area contributed by atoms with Crippen molar-refractivity contribution in [1.82, 2.24) is 15.3 Å². The van der Waals surface area contributed by atoms with Crippen LogP contribution in [-0.4, -0.2) is 29.6 Å². The van der Waals surface area contributed by atoms with Crippen LogP contribution < -0.4 is 21.0 Å². The third-order valence-corrected chi connectivity index (χ3v) is 6.52. The Kier molecular flexibility index (Phi) is 8.40. The average Bonchev–Trinajstić information content (AvgIpc) is 3.34. The standard InChI is InChI=1S/C30H34N4O/c1-4-6-12-28-29(5-2)35-30(33-28)26-11-7-10-25(22-26)23(3)32-17-8-9-24-15-20-34(21-16-24)27-13-18-31-19-14-27/h5,7,10-14,18-19,22,24,32H,3,8-9,15-17,20-21H2,1-2H3/b28-12+,29-5+. The number of pyridine rings is 1. The summed E-state index contributed by atoms with van der Waals surface area (Å²) in [5, 5.41) is 4.27. The van der Waals surface area contributed by atoms with E-state index in [4.69, 9.17) is 4.42 Å². The molecule has 35 heavy (non-hydrogen) atoms. The van der Waals surface area contributed by atoms with E-state index in [1.807, 2.05) is 44.4 Å². The van der Waals surface area contributed by atoms with Crippen LogP contribution in [0.2, 0.25) is 0 Å². The maximum Gasteiger partial charge on any atom is 0.227 e.